The molecule has 4 rings (SSSR count). The lowest BCUT2D eigenvalue weighted by molar-refractivity contribution is -0.117. The molecular formula is C19H28N4O2. The molecule has 0 bridgehead atoms. The number of nitrogens with zero attached hydrogens (tertiary/aromatic N) is 2. The van der Waals surface area contributed by atoms with Crippen molar-refractivity contribution in [2.45, 2.75) is 31.4 Å². The highest BCUT2D eigenvalue weighted by Crippen LogP contribution is 2.30. The van der Waals surface area contributed by atoms with Gasteiger partial charge in [-0.2, -0.15) is 0 Å². The van der Waals surface area contributed by atoms with Crippen molar-refractivity contribution < 1.29 is 9.90 Å². The second-order valence-corrected chi connectivity index (χ2v) is 7.62. The summed E-state index contributed by atoms with van der Waals surface area (Å²) < 4.78 is 0. The number of carbonyl (C=O) groups is 1. The molecule has 0 radical (unpaired) electrons. The average molecular weight is 344 g/mol. The molecular weight excluding hydrogens is 316 g/mol. The second kappa shape index (κ2) is 7.32. The van der Waals surface area contributed by atoms with Crippen LogP contribution in [-0.4, -0.2) is 67.3 Å². The van der Waals surface area contributed by atoms with E-state index in [0.29, 0.717) is 13.0 Å². The lowest BCUT2D eigenvalue weighted by Crippen LogP contribution is -2.47. The molecule has 1 aromatic rings. The van der Waals surface area contributed by atoms with Crippen LogP contribution in [-0.2, 0) is 4.79 Å². The number of hydrogen-bond acceptors (Lipinski definition) is 5. The normalized spacial score (nSPS) is 27.5. The Morgan fingerprint density at radius 3 is 2.72 bits per heavy atom. The van der Waals surface area contributed by atoms with E-state index in [1.807, 2.05) is 12.1 Å². The Morgan fingerprint density at radius 2 is 2.04 bits per heavy atom. The molecule has 1 aliphatic carbocycles. The zero-order valence-corrected chi connectivity index (χ0v) is 14.7. The van der Waals surface area contributed by atoms with Gasteiger partial charge in [-0.05, 0) is 43.4 Å². The molecule has 136 valence electrons. The second-order valence-electron chi connectivity index (χ2n) is 7.62. The van der Waals surface area contributed by atoms with Crippen LogP contribution in [0.5, 0.6) is 0 Å². The van der Waals surface area contributed by atoms with Crippen LogP contribution in [0.3, 0.4) is 0 Å². The summed E-state index contributed by atoms with van der Waals surface area (Å²) in [5.74, 6) is 0.885. The molecule has 3 aliphatic rings. The number of aliphatic hydroxyl groups excluding tert-OH is 1. The molecule has 25 heavy (non-hydrogen) atoms. The van der Waals surface area contributed by atoms with E-state index < -0.39 is 6.10 Å². The van der Waals surface area contributed by atoms with Crippen LogP contribution in [0, 0.1) is 5.92 Å². The van der Waals surface area contributed by atoms with Crippen LogP contribution >= 0.6 is 0 Å². The Hall–Kier alpha value is -1.63. The summed E-state index contributed by atoms with van der Waals surface area (Å²) in [7, 11) is 0. The van der Waals surface area contributed by atoms with Gasteiger partial charge in [0.2, 0.25) is 5.91 Å². The number of amides is 1. The van der Waals surface area contributed by atoms with Crippen LogP contribution in [0.15, 0.2) is 24.3 Å². The highest BCUT2D eigenvalue weighted by Gasteiger charge is 2.28. The van der Waals surface area contributed by atoms with Crippen molar-refractivity contribution in [1.29, 1.82) is 0 Å². The molecule has 1 aromatic carbocycles. The number of benzene rings is 1. The number of hydrogen-bond donors (Lipinski definition) is 3. The van der Waals surface area contributed by atoms with Gasteiger partial charge in [0, 0.05) is 50.6 Å². The van der Waals surface area contributed by atoms with Crippen LogP contribution in [0.1, 0.15) is 19.3 Å². The van der Waals surface area contributed by atoms with Crippen LogP contribution in [0.2, 0.25) is 0 Å². The van der Waals surface area contributed by atoms with Crippen molar-refractivity contribution in [3.05, 3.63) is 24.3 Å². The van der Waals surface area contributed by atoms with Crippen LogP contribution in [0.25, 0.3) is 0 Å². The van der Waals surface area contributed by atoms with Gasteiger partial charge in [-0.15, -0.1) is 0 Å². The first kappa shape index (κ1) is 16.8. The molecule has 6 heteroatoms. The zero-order valence-electron chi connectivity index (χ0n) is 14.7. The minimum atomic E-state index is -0.422. The quantitative estimate of drug-likeness (QED) is 0.740. The number of carbonyl (C=O) groups excluding carboxylic acids is 1. The predicted octanol–water partition coefficient (Wildman–Crippen LogP) is 0.880. The number of nitrogens with one attached hydrogen (secondary N) is 2. The fraction of sp³-hybridized carbons (Fsp3) is 0.632. The minimum Gasteiger partial charge on any atom is -0.392 e. The minimum absolute atomic E-state index is 0.0667. The van der Waals surface area contributed by atoms with Gasteiger partial charge in [-0.1, -0.05) is 6.07 Å². The van der Waals surface area contributed by atoms with Crippen molar-refractivity contribution in [3.63, 3.8) is 0 Å². The maximum Gasteiger partial charge on any atom is 0.241 e. The van der Waals surface area contributed by atoms with E-state index in [-0.39, 0.29) is 11.9 Å². The first-order valence-corrected chi connectivity index (χ1v) is 9.47. The summed E-state index contributed by atoms with van der Waals surface area (Å²) >= 11 is 0. The smallest absolute Gasteiger partial charge is 0.241 e. The summed E-state index contributed by atoms with van der Waals surface area (Å²) in [6.45, 7) is 6.09. The molecule has 2 unspecified atom stereocenters. The highest BCUT2D eigenvalue weighted by atomic mass is 16.3. The molecule has 0 spiro atoms. The molecule has 2 saturated heterocycles. The summed E-state index contributed by atoms with van der Waals surface area (Å²) in [4.78, 5) is 17.3. The fourth-order valence-corrected chi connectivity index (χ4v) is 3.78. The molecule has 2 atom stereocenters. The summed E-state index contributed by atoms with van der Waals surface area (Å²) in [6, 6.07) is 7.79. The predicted molar refractivity (Wildman–Crippen MR) is 98.9 cm³/mol. The largest absolute Gasteiger partial charge is 0.392 e. The lowest BCUT2D eigenvalue weighted by atomic mass is 10.1. The molecule has 2 aliphatic heterocycles. The van der Waals surface area contributed by atoms with Gasteiger partial charge in [0.25, 0.3) is 0 Å². The summed E-state index contributed by atoms with van der Waals surface area (Å²) in [5, 5.41) is 15.6. The van der Waals surface area contributed by atoms with Crippen LogP contribution in [0.4, 0.5) is 11.4 Å². The monoisotopic (exact) mass is 344 g/mol. The van der Waals surface area contributed by atoms with Crippen molar-refractivity contribution in [2.24, 2.45) is 5.92 Å². The third-order valence-corrected chi connectivity index (χ3v) is 5.49. The number of rotatable bonds is 5. The maximum atomic E-state index is 12.3. The Balaban J connectivity index is 1.32. The zero-order chi connectivity index (χ0) is 17.2. The molecule has 1 saturated carbocycles. The third-order valence-electron chi connectivity index (χ3n) is 5.49. The molecule has 1 amide bonds. The van der Waals surface area contributed by atoms with Gasteiger partial charge in [0.1, 0.15) is 0 Å². The number of anilines is 2. The molecule has 2 heterocycles. The Morgan fingerprint density at radius 1 is 1.24 bits per heavy atom. The average Bonchev–Trinajstić information content (AvgIpc) is 3.33. The van der Waals surface area contributed by atoms with E-state index in [2.05, 4.69) is 32.6 Å². The molecule has 3 N–H and O–H groups in total. The topological polar surface area (TPSA) is 67.8 Å². The van der Waals surface area contributed by atoms with Gasteiger partial charge in [0.05, 0.1) is 12.1 Å². The fourth-order valence-electron chi connectivity index (χ4n) is 3.78. The van der Waals surface area contributed by atoms with Gasteiger partial charge in [-0.25, -0.2) is 0 Å². The third kappa shape index (κ3) is 4.32. The standard InChI is InChI=1S/C19H28N4O2/c24-17-11-18(20-12-17)19(25)21-15-2-1-3-16(10-15)23-8-6-22(7-9-23)13-14-4-5-14/h1-3,10,14,17-18,20,24H,4-9,11-13H2,(H,21,25). The first-order valence-electron chi connectivity index (χ1n) is 9.47. The van der Waals surface area contributed by atoms with Gasteiger partial charge in [-0.3, -0.25) is 9.69 Å². The SMILES string of the molecule is O=C(Nc1cccc(N2CCN(CC3CC3)CC2)c1)C1CC(O)CN1. The molecule has 6 nitrogen and oxygen atoms in total. The number of β-amino-alcohol motifs (C(OH)–C–C–N with tert-alkyl or cyclic N) is 1. The maximum absolute atomic E-state index is 12.3. The van der Waals surface area contributed by atoms with E-state index in [9.17, 15) is 9.90 Å². The summed E-state index contributed by atoms with van der Waals surface area (Å²) in [6.07, 6.45) is 2.88. The van der Waals surface area contributed by atoms with Gasteiger partial charge >= 0.3 is 0 Å². The summed E-state index contributed by atoms with van der Waals surface area (Å²) in [5.41, 5.74) is 1.99. The van der Waals surface area contributed by atoms with Gasteiger partial charge in [0.15, 0.2) is 0 Å². The Labute approximate surface area is 149 Å². The van der Waals surface area contributed by atoms with Crippen LogP contribution < -0.4 is 15.5 Å². The molecule has 0 aromatic heterocycles. The molecule has 3 fully saturated rings. The first-order chi connectivity index (χ1) is 12.2. The van der Waals surface area contributed by atoms with Gasteiger partial charge < -0.3 is 20.6 Å². The Bertz CT molecular complexity index is 611. The van der Waals surface area contributed by atoms with Crippen molar-refractivity contribution in [1.82, 2.24) is 10.2 Å². The Kier molecular flexibility index (Phi) is 4.92. The number of aliphatic hydroxyl groups is 1. The van der Waals surface area contributed by atoms with Crippen molar-refractivity contribution >= 4 is 17.3 Å². The number of piperazine rings is 1. The van der Waals surface area contributed by atoms with E-state index in [4.69, 9.17) is 0 Å². The lowest BCUT2D eigenvalue weighted by Gasteiger charge is -2.36. The van der Waals surface area contributed by atoms with Crippen molar-refractivity contribution in [3.8, 4) is 0 Å². The highest BCUT2D eigenvalue weighted by molar-refractivity contribution is 5.95. The van der Waals surface area contributed by atoms with E-state index in [0.717, 1.165) is 37.8 Å². The van der Waals surface area contributed by atoms with E-state index >= 15 is 0 Å². The van der Waals surface area contributed by atoms with Crippen molar-refractivity contribution in [2.75, 3.05) is 49.5 Å². The van der Waals surface area contributed by atoms with E-state index in [1.54, 1.807) is 0 Å². The van der Waals surface area contributed by atoms with E-state index in [1.165, 1.54) is 25.1 Å².